The van der Waals surface area contributed by atoms with Gasteiger partial charge in [0.2, 0.25) is 0 Å². The summed E-state index contributed by atoms with van der Waals surface area (Å²) in [4.78, 5) is 27.4. The van der Waals surface area contributed by atoms with Crippen LogP contribution < -0.4 is 0 Å². The van der Waals surface area contributed by atoms with E-state index in [1.165, 1.54) is 0 Å². The normalized spacial score (nSPS) is 13.7. The van der Waals surface area contributed by atoms with Crippen molar-refractivity contribution in [2.45, 2.75) is 0 Å². The van der Waals surface area contributed by atoms with Crippen LogP contribution in [0.5, 0.6) is 0 Å². The third-order valence-electron chi connectivity index (χ3n) is 7.74. The van der Waals surface area contributed by atoms with E-state index in [9.17, 15) is 9.59 Å². The molecule has 36 heavy (non-hydrogen) atoms. The summed E-state index contributed by atoms with van der Waals surface area (Å²) in [6, 6.07) is 27.3. The molecule has 0 bridgehead atoms. The highest BCUT2D eigenvalue weighted by molar-refractivity contribution is 6.32. The monoisotopic (exact) mass is 462 g/mol. The molecule has 2 aliphatic carbocycles. The minimum Gasteiger partial charge on any atom is -0.455 e. The van der Waals surface area contributed by atoms with Crippen LogP contribution in [0.15, 0.2) is 93.8 Å². The smallest absolute Gasteiger partial charge is 0.198 e. The molecule has 7 aromatic rings. The van der Waals surface area contributed by atoms with Crippen molar-refractivity contribution in [2.24, 2.45) is 0 Å². The average molecular weight is 462 g/mol. The Hall–Kier alpha value is -4.96. The Labute approximate surface area is 203 Å². The van der Waals surface area contributed by atoms with Gasteiger partial charge in [-0.15, -0.1) is 0 Å². The largest absolute Gasteiger partial charge is 0.455 e. The molecule has 0 radical (unpaired) electrons. The summed E-state index contributed by atoms with van der Waals surface area (Å²) in [6.07, 6.45) is 0. The van der Waals surface area contributed by atoms with Crippen LogP contribution in [-0.4, -0.2) is 11.6 Å². The number of benzene rings is 5. The maximum atomic E-state index is 13.7. The highest BCUT2D eigenvalue weighted by Crippen LogP contribution is 2.48. The van der Waals surface area contributed by atoms with Crippen LogP contribution in [0.4, 0.5) is 0 Å². The van der Waals surface area contributed by atoms with E-state index in [2.05, 4.69) is 0 Å². The zero-order valence-electron chi connectivity index (χ0n) is 18.7. The summed E-state index contributed by atoms with van der Waals surface area (Å²) >= 11 is 0. The number of rotatable bonds is 0. The van der Waals surface area contributed by atoms with E-state index in [0.717, 1.165) is 32.7 Å². The minimum atomic E-state index is -0.0584. The Kier molecular flexibility index (Phi) is 3.06. The molecule has 0 saturated heterocycles. The highest BCUT2D eigenvalue weighted by Gasteiger charge is 2.34. The van der Waals surface area contributed by atoms with Crippen molar-refractivity contribution in [1.82, 2.24) is 0 Å². The van der Waals surface area contributed by atoms with Gasteiger partial charge >= 0.3 is 0 Å². The Bertz CT molecular complexity index is 2020. The Morgan fingerprint density at radius 2 is 0.861 bits per heavy atom. The van der Waals surface area contributed by atoms with Crippen molar-refractivity contribution < 1.29 is 18.4 Å². The van der Waals surface area contributed by atoms with E-state index in [1.807, 2.05) is 84.9 Å². The number of carbonyl (C=O) groups excluding carboxylic acids is 2. The van der Waals surface area contributed by atoms with Gasteiger partial charge in [-0.05, 0) is 22.9 Å². The van der Waals surface area contributed by atoms with Crippen molar-refractivity contribution in [3.63, 3.8) is 0 Å². The molecule has 2 aliphatic rings. The van der Waals surface area contributed by atoms with E-state index in [0.29, 0.717) is 55.7 Å². The molecule has 9 rings (SSSR count). The van der Waals surface area contributed by atoms with E-state index in [1.54, 1.807) is 0 Å². The van der Waals surface area contributed by atoms with Gasteiger partial charge in [-0.1, -0.05) is 72.8 Å². The molecule has 4 nitrogen and oxygen atoms in total. The average Bonchev–Trinajstić information content (AvgIpc) is 3.47. The van der Waals surface area contributed by atoms with Crippen LogP contribution >= 0.6 is 0 Å². The van der Waals surface area contributed by atoms with Gasteiger partial charge in [0.1, 0.15) is 22.7 Å². The molecular weight excluding hydrogens is 448 g/mol. The molecule has 0 amide bonds. The fourth-order valence-electron chi connectivity index (χ4n) is 6.22. The van der Waals surface area contributed by atoms with Crippen LogP contribution in [-0.2, 0) is 0 Å². The summed E-state index contributed by atoms with van der Waals surface area (Å²) in [5, 5.41) is 5.23. The molecule has 0 aliphatic heterocycles. The summed E-state index contributed by atoms with van der Waals surface area (Å²) in [7, 11) is 0. The minimum absolute atomic E-state index is 0.0584. The quantitative estimate of drug-likeness (QED) is 0.230. The predicted octanol–water partition coefficient (Wildman–Crippen LogP) is 7.91. The van der Waals surface area contributed by atoms with Gasteiger partial charge in [0.25, 0.3) is 0 Å². The standard InChI is InChI=1S/C32H14O4/c33-29-17-9-1-5-15-7-3-11-19(25(15)17)31-27(29)21-13-24-22(14-23(21)35-31)28-30(34)18-10-2-6-16-8-4-12-20(26(16)18)32(28)36-24/h1-14H. The first-order chi connectivity index (χ1) is 17.7. The molecule has 0 unspecified atom stereocenters. The first-order valence-electron chi connectivity index (χ1n) is 11.9. The van der Waals surface area contributed by atoms with Gasteiger partial charge in [0, 0.05) is 43.8 Å². The van der Waals surface area contributed by atoms with Gasteiger partial charge in [-0.3, -0.25) is 9.59 Å². The SMILES string of the molecule is O=C1c2c(oc3cc4c5c(oc4cc23)-c2cccc3cccc(c23)C5=O)-c2cccc3cccc1c23. The lowest BCUT2D eigenvalue weighted by Gasteiger charge is -2.15. The Balaban J connectivity index is 1.38. The number of hydrogen-bond acceptors (Lipinski definition) is 4. The molecule has 2 heterocycles. The van der Waals surface area contributed by atoms with E-state index >= 15 is 0 Å². The molecule has 2 aromatic heterocycles. The number of carbonyl (C=O) groups is 2. The Morgan fingerprint density at radius 3 is 1.28 bits per heavy atom. The third kappa shape index (κ3) is 1.99. The maximum Gasteiger partial charge on any atom is 0.198 e. The zero-order valence-corrected chi connectivity index (χ0v) is 18.7. The molecule has 166 valence electrons. The lowest BCUT2D eigenvalue weighted by molar-refractivity contribution is 0.103. The van der Waals surface area contributed by atoms with E-state index < -0.39 is 0 Å². The van der Waals surface area contributed by atoms with Gasteiger partial charge in [0.15, 0.2) is 11.6 Å². The molecule has 0 N–H and O–H groups in total. The molecule has 0 fully saturated rings. The van der Waals surface area contributed by atoms with Gasteiger partial charge in [-0.2, -0.15) is 0 Å². The fraction of sp³-hybridized carbons (Fsp3) is 0. The van der Waals surface area contributed by atoms with Crippen LogP contribution in [0.25, 0.3) is 66.1 Å². The highest BCUT2D eigenvalue weighted by atomic mass is 16.3. The first-order valence-corrected chi connectivity index (χ1v) is 11.9. The number of ketones is 2. The maximum absolute atomic E-state index is 13.7. The lowest BCUT2D eigenvalue weighted by atomic mass is 9.85. The number of fused-ring (bicyclic) bond motifs is 8. The van der Waals surface area contributed by atoms with E-state index in [-0.39, 0.29) is 11.6 Å². The predicted molar refractivity (Wildman–Crippen MR) is 139 cm³/mol. The zero-order chi connectivity index (χ0) is 23.7. The molecule has 0 atom stereocenters. The second-order valence-corrected chi connectivity index (χ2v) is 9.53. The van der Waals surface area contributed by atoms with Gasteiger partial charge in [-0.25, -0.2) is 0 Å². The molecule has 4 heteroatoms. The van der Waals surface area contributed by atoms with E-state index in [4.69, 9.17) is 8.83 Å². The van der Waals surface area contributed by atoms with Crippen molar-refractivity contribution in [1.29, 1.82) is 0 Å². The second kappa shape index (κ2) is 5.99. The van der Waals surface area contributed by atoms with Crippen LogP contribution in [0.1, 0.15) is 31.8 Å². The topological polar surface area (TPSA) is 60.4 Å². The number of hydrogen-bond donors (Lipinski definition) is 0. The summed E-state index contributed by atoms with van der Waals surface area (Å²) in [5.41, 5.74) is 5.39. The molecular formula is C32H14O4. The molecule has 0 saturated carbocycles. The van der Waals surface area contributed by atoms with Crippen LogP contribution in [0.3, 0.4) is 0 Å². The van der Waals surface area contributed by atoms with Crippen molar-refractivity contribution in [3.8, 4) is 22.6 Å². The summed E-state index contributed by atoms with van der Waals surface area (Å²) < 4.78 is 12.7. The van der Waals surface area contributed by atoms with Gasteiger partial charge in [0.05, 0.1) is 11.1 Å². The molecule has 5 aromatic carbocycles. The summed E-state index contributed by atoms with van der Waals surface area (Å²) in [6.45, 7) is 0. The Morgan fingerprint density at radius 1 is 0.472 bits per heavy atom. The fourth-order valence-corrected chi connectivity index (χ4v) is 6.22. The van der Waals surface area contributed by atoms with Crippen molar-refractivity contribution in [2.75, 3.05) is 0 Å². The lowest BCUT2D eigenvalue weighted by Crippen LogP contribution is -2.08. The summed E-state index contributed by atoms with van der Waals surface area (Å²) in [5.74, 6) is 1.03. The first kappa shape index (κ1) is 18.4. The molecule has 0 spiro atoms. The number of furan rings is 2. The van der Waals surface area contributed by atoms with Crippen LogP contribution in [0.2, 0.25) is 0 Å². The second-order valence-electron chi connectivity index (χ2n) is 9.53. The van der Waals surface area contributed by atoms with Gasteiger partial charge < -0.3 is 8.83 Å². The van der Waals surface area contributed by atoms with Crippen molar-refractivity contribution in [3.05, 3.63) is 107 Å². The third-order valence-corrected chi connectivity index (χ3v) is 7.74. The van der Waals surface area contributed by atoms with Crippen LogP contribution in [0, 0.1) is 0 Å². The van der Waals surface area contributed by atoms with Crippen molar-refractivity contribution >= 4 is 55.0 Å².